The maximum absolute atomic E-state index is 13.8. The van der Waals surface area contributed by atoms with Gasteiger partial charge in [0, 0.05) is 0 Å². The predicted octanol–water partition coefficient (Wildman–Crippen LogP) is 5.19. The van der Waals surface area contributed by atoms with Gasteiger partial charge < -0.3 is 0 Å². The van der Waals surface area contributed by atoms with E-state index in [0.29, 0.717) is 17.9 Å². The van der Waals surface area contributed by atoms with Gasteiger partial charge in [-0.2, -0.15) is 0 Å². The zero-order chi connectivity index (χ0) is 14.8. The third kappa shape index (κ3) is 2.85. The lowest BCUT2D eigenvalue weighted by molar-refractivity contribution is 0.478. The molecule has 1 unspecified atom stereocenters. The van der Waals surface area contributed by atoms with Crippen LogP contribution < -0.4 is 0 Å². The molecule has 1 aliphatic rings. The summed E-state index contributed by atoms with van der Waals surface area (Å²) in [5, 5.41) is 0. The minimum atomic E-state index is -0.726. The van der Waals surface area contributed by atoms with Crippen molar-refractivity contribution in [2.75, 3.05) is 0 Å². The Morgan fingerprint density at radius 2 is 1.81 bits per heavy atom. The minimum Gasteiger partial charge on any atom is -0.204 e. The molecule has 1 aliphatic carbocycles. The van der Waals surface area contributed by atoms with Crippen molar-refractivity contribution < 1.29 is 8.78 Å². The third-order valence-electron chi connectivity index (χ3n) is 4.49. The van der Waals surface area contributed by atoms with Crippen LogP contribution in [0.4, 0.5) is 8.78 Å². The summed E-state index contributed by atoms with van der Waals surface area (Å²) in [6.45, 7) is 2.18. The van der Waals surface area contributed by atoms with Crippen molar-refractivity contribution in [3.63, 3.8) is 0 Å². The van der Waals surface area contributed by atoms with E-state index in [-0.39, 0.29) is 0 Å². The molecule has 0 saturated carbocycles. The fourth-order valence-electron chi connectivity index (χ4n) is 3.31. The summed E-state index contributed by atoms with van der Waals surface area (Å²) >= 11 is 0. The van der Waals surface area contributed by atoms with E-state index in [9.17, 15) is 8.78 Å². The molecule has 0 bridgehead atoms. The summed E-state index contributed by atoms with van der Waals surface area (Å²) in [4.78, 5) is 0. The lowest BCUT2D eigenvalue weighted by Gasteiger charge is -2.25. The Morgan fingerprint density at radius 1 is 1.05 bits per heavy atom. The monoisotopic (exact) mass is 286 g/mol. The van der Waals surface area contributed by atoms with Crippen LogP contribution in [-0.2, 0) is 19.3 Å². The predicted molar refractivity (Wildman–Crippen MR) is 81.6 cm³/mol. The smallest absolute Gasteiger partial charge is 0.162 e. The van der Waals surface area contributed by atoms with Crippen LogP contribution in [0.3, 0.4) is 0 Å². The summed E-state index contributed by atoms with van der Waals surface area (Å²) in [6, 6.07) is 11.8. The van der Waals surface area contributed by atoms with E-state index in [1.165, 1.54) is 17.2 Å². The van der Waals surface area contributed by atoms with Gasteiger partial charge in [0.2, 0.25) is 0 Å². The first-order chi connectivity index (χ1) is 10.2. The summed E-state index contributed by atoms with van der Waals surface area (Å²) in [5.74, 6) is -0.960. The van der Waals surface area contributed by atoms with Crippen LogP contribution >= 0.6 is 0 Å². The van der Waals surface area contributed by atoms with Crippen LogP contribution in [0.15, 0.2) is 36.4 Å². The molecule has 2 aromatic carbocycles. The fourth-order valence-corrected chi connectivity index (χ4v) is 3.31. The van der Waals surface area contributed by atoms with Crippen LogP contribution in [0, 0.1) is 11.6 Å². The van der Waals surface area contributed by atoms with E-state index in [1.807, 2.05) is 0 Å². The van der Waals surface area contributed by atoms with Crippen LogP contribution in [0.25, 0.3) is 0 Å². The average Bonchev–Trinajstić information content (AvgIpc) is 2.52. The molecule has 0 N–H and O–H groups in total. The van der Waals surface area contributed by atoms with Crippen molar-refractivity contribution in [1.29, 1.82) is 0 Å². The molecule has 0 amide bonds. The third-order valence-corrected chi connectivity index (χ3v) is 4.49. The molecule has 0 spiro atoms. The Hall–Kier alpha value is -1.70. The lowest BCUT2D eigenvalue weighted by atomic mass is 9.80. The first kappa shape index (κ1) is 14.2. The number of halogens is 2. The van der Waals surface area contributed by atoms with Crippen molar-refractivity contribution in [2.24, 2.45) is 0 Å². The normalized spacial score (nSPS) is 17.6. The molecule has 2 aromatic rings. The van der Waals surface area contributed by atoms with Gasteiger partial charge in [-0.05, 0) is 59.9 Å². The van der Waals surface area contributed by atoms with Crippen molar-refractivity contribution in [2.45, 2.75) is 44.9 Å². The highest BCUT2D eigenvalue weighted by Crippen LogP contribution is 2.34. The van der Waals surface area contributed by atoms with Gasteiger partial charge in [-0.3, -0.25) is 0 Å². The zero-order valence-corrected chi connectivity index (χ0v) is 12.3. The van der Waals surface area contributed by atoms with Gasteiger partial charge in [-0.1, -0.05) is 43.7 Å². The molecule has 0 radical (unpaired) electrons. The first-order valence-electron chi connectivity index (χ1n) is 7.73. The topological polar surface area (TPSA) is 0 Å². The van der Waals surface area contributed by atoms with E-state index >= 15 is 0 Å². The van der Waals surface area contributed by atoms with Gasteiger partial charge in [-0.15, -0.1) is 0 Å². The Bertz CT molecular complexity index is 629. The van der Waals surface area contributed by atoms with Gasteiger partial charge >= 0.3 is 0 Å². The van der Waals surface area contributed by atoms with Gasteiger partial charge in [0.1, 0.15) is 0 Å². The fraction of sp³-hybridized carbons (Fsp3) is 0.368. The standard InChI is InChI=1S/C19H20F2/c1-2-3-13-4-6-14(7-5-13)15-8-10-17-16(12-15)9-11-18(20)19(17)21/h4-7,9,11,15H,2-3,8,10,12H2,1H3. The second kappa shape index (κ2) is 5.97. The summed E-state index contributed by atoms with van der Waals surface area (Å²) in [7, 11) is 0. The SMILES string of the molecule is CCCc1ccc(C2CCc3c(ccc(F)c3F)C2)cc1. The number of benzene rings is 2. The molecule has 0 saturated heterocycles. The Morgan fingerprint density at radius 3 is 2.52 bits per heavy atom. The van der Waals surface area contributed by atoms with Crippen LogP contribution in [-0.4, -0.2) is 0 Å². The maximum atomic E-state index is 13.8. The highest BCUT2D eigenvalue weighted by Gasteiger charge is 2.23. The molecule has 0 aliphatic heterocycles. The number of aryl methyl sites for hydroxylation is 1. The number of rotatable bonds is 3. The average molecular weight is 286 g/mol. The van der Waals surface area contributed by atoms with Crippen LogP contribution in [0.2, 0.25) is 0 Å². The van der Waals surface area contributed by atoms with Gasteiger partial charge in [-0.25, -0.2) is 8.78 Å². The first-order valence-corrected chi connectivity index (χ1v) is 7.73. The molecule has 2 heteroatoms. The Balaban J connectivity index is 1.81. The molecule has 0 fully saturated rings. The Labute approximate surface area is 124 Å². The zero-order valence-electron chi connectivity index (χ0n) is 12.3. The number of fused-ring (bicyclic) bond motifs is 1. The van der Waals surface area contributed by atoms with Crippen molar-refractivity contribution in [3.05, 3.63) is 70.3 Å². The molecule has 0 nitrogen and oxygen atoms in total. The maximum Gasteiger partial charge on any atom is 0.162 e. The molecule has 21 heavy (non-hydrogen) atoms. The van der Waals surface area contributed by atoms with E-state index in [2.05, 4.69) is 31.2 Å². The molecular formula is C19H20F2. The van der Waals surface area contributed by atoms with Crippen LogP contribution in [0.5, 0.6) is 0 Å². The summed E-state index contributed by atoms with van der Waals surface area (Å²) in [6.07, 6.45) is 4.58. The molecule has 0 heterocycles. The van der Waals surface area contributed by atoms with Gasteiger partial charge in [0.05, 0.1) is 0 Å². The highest BCUT2D eigenvalue weighted by atomic mass is 19.2. The minimum absolute atomic E-state index is 0.415. The number of hydrogen-bond acceptors (Lipinski definition) is 0. The quantitative estimate of drug-likeness (QED) is 0.728. The van der Waals surface area contributed by atoms with E-state index in [1.54, 1.807) is 6.07 Å². The second-order valence-corrected chi connectivity index (χ2v) is 5.93. The van der Waals surface area contributed by atoms with E-state index in [0.717, 1.165) is 31.2 Å². The Kier molecular flexibility index (Phi) is 4.05. The largest absolute Gasteiger partial charge is 0.204 e. The molecular weight excluding hydrogens is 266 g/mol. The van der Waals surface area contributed by atoms with Crippen molar-refractivity contribution in [3.8, 4) is 0 Å². The van der Waals surface area contributed by atoms with Crippen molar-refractivity contribution in [1.82, 2.24) is 0 Å². The van der Waals surface area contributed by atoms with E-state index < -0.39 is 11.6 Å². The summed E-state index contributed by atoms with van der Waals surface area (Å²) in [5.41, 5.74) is 4.22. The summed E-state index contributed by atoms with van der Waals surface area (Å²) < 4.78 is 27.0. The molecule has 110 valence electrons. The second-order valence-electron chi connectivity index (χ2n) is 5.93. The lowest BCUT2D eigenvalue weighted by Crippen LogP contribution is -2.15. The van der Waals surface area contributed by atoms with Gasteiger partial charge in [0.15, 0.2) is 11.6 Å². The molecule has 0 aromatic heterocycles. The van der Waals surface area contributed by atoms with E-state index in [4.69, 9.17) is 0 Å². The number of hydrogen-bond donors (Lipinski definition) is 0. The van der Waals surface area contributed by atoms with Crippen LogP contribution in [0.1, 0.15) is 47.9 Å². The highest BCUT2D eigenvalue weighted by molar-refractivity contribution is 5.36. The van der Waals surface area contributed by atoms with Gasteiger partial charge in [0.25, 0.3) is 0 Å². The van der Waals surface area contributed by atoms with Crippen molar-refractivity contribution >= 4 is 0 Å². The molecule has 3 rings (SSSR count). The molecule has 1 atom stereocenters.